The molecular weight excluding hydrogens is 306 g/mol. The molecule has 2 aromatic rings. The van der Waals surface area contributed by atoms with Crippen molar-refractivity contribution >= 4 is 23.6 Å². The smallest absolute Gasteiger partial charge is 0.337 e. The van der Waals surface area contributed by atoms with Crippen LogP contribution in [0.3, 0.4) is 0 Å². The van der Waals surface area contributed by atoms with E-state index in [0.717, 1.165) is 23.3 Å². The fourth-order valence-electron chi connectivity index (χ4n) is 2.28. The Morgan fingerprint density at radius 2 is 1.96 bits per heavy atom. The summed E-state index contributed by atoms with van der Waals surface area (Å²) in [4.78, 5) is 23.1. The highest BCUT2D eigenvalue weighted by Gasteiger charge is 2.10. The molecule has 0 heterocycles. The van der Waals surface area contributed by atoms with Crippen molar-refractivity contribution in [3.05, 3.63) is 65.2 Å². The molecule has 5 nitrogen and oxygen atoms in total. The summed E-state index contributed by atoms with van der Waals surface area (Å²) in [7, 11) is 1.61. The minimum Gasteiger partial charge on any atom is -0.496 e. The molecule has 5 heteroatoms. The minimum atomic E-state index is -1.09. The number of para-hydroxylation sites is 1. The summed E-state index contributed by atoms with van der Waals surface area (Å²) in [5.41, 5.74) is 2.23. The van der Waals surface area contributed by atoms with Gasteiger partial charge < -0.3 is 15.2 Å². The molecule has 2 aromatic carbocycles. The summed E-state index contributed by atoms with van der Waals surface area (Å²) in [5, 5.41) is 11.7. The zero-order chi connectivity index (χ0) is 17.5. The number of carbonyl (C=O) groups excluding carboxylic acids is 1. The van der Waals surface area contributed by atoms with Crippen molar-refractivity contribution in [1.82, 2.24) is 0 Å². The van der Waals surface area contributed by atoms with E-state index < -0.39 is 11.9 Å². The number of amides is 1. The molecule has 0 spiro atoms. The average Bonchev–Trinajstić information content (AvgIpc) is 2.59. The lowest BCUT2D eigenvalue weighted by molar-refractivity contribution is -0.111. The molecule has 0 bridgehead atoms. The number of ether oxygens (including phenoxy) is 1. The highest BCUT2D eigenvalue weighted by atomic mass is 16.5. The average molecular weight is 325 g/mol. The number of anilines is 1. The first kappa shape index (κ1) is 17.3. The first-order valence-corrected chi connectivity index (χ1v) is 7.53. The van der Waals surface area contributed by atoms with Crippen molar-refractivity contribution < 1.29 is 19.4 Å². The van der Waals surface area contributed by atoms with Crippen LogP contribution in [-0.4, -0.2) is 24.1 Å². The molecule has 0 unspecified atom stereocenters. The summed E-state index contributed by atoms with van der Waals surface area (Å²) in [6, 6.07) is 12.0. The van der Waals surface area contributed by atoms with Gasteiger partial charge in [0.25, 0.3) is 0 Å². The van der Waals surface area contributed by atoms with Gasteiger partial charge in [0.1, 0.15) is 5.75 Å². The van der Waals surface area contributed by atoms with Crippen LogP contribution in [0.2, 0.25) is 0 Å². The maximum absolute atomic E-state index is 12.0. The van der Waals surface area contributed by atoms with E-state index in [1.807, 2.05) is 25.1 Å². The third-order valence-corrected chi connectivity index (χ3v) is 3.53. The second kappa shape index (κ2) is 7.97. The van der Waals surface area contributed by atoms with Crippen LogP contribution in [-0.2, 0) is 11.2 Å². The van der Waals surface area contributed by atoms with Crippen LogP contribution < -0.4 is 10.1 Å². The first-order valence-electron chi connectivity index (χ1n) is 7.53. The number of aryl methyl sites for hydroxylation is 1. The molecule has 0 aliphatic carbocycles. The Morgan fingerprint density at radius 3 is 2.62 bits per heavy atom. The molecule has 0 aliphatic heterocycles. The van der Waals surface area contributed by atoms with Gasteiger partial charge in [-0.1, -0.05) is 31.2 Å². The summed E-state index contributed by atoms with van der Waals surface area (Å²) < 4.78 is 5.32. The Hall–Kier alpha value is -3.08. The fraction of sp³-hybridized carbons (Fsp3) is 0.158. The second-order valence-corrected chi connectivity index (χ2v) is 5.10. The summed E-state index contributed by atoms with van der Waals surface area (Å²) >= 11 is 0. The van der Waals surface area contributed by atoms with Gasteiger partial charge in [-0.2, -0.15) is 0 Å². The molecule has 2 N–H and O–H groups in total. The molecule has 0 fully saturated rings. The van der Waals surface area contributed by atoms with E-state index in [4.69, 9.17) is 9.84 Å². The van der Waals surface area contributed by atoms with Gasteiger partial charge in [-0.25, -0.2) is 4.79 Å². The van der Waals surface area contributed by atoms with Crippen LogP contribution in [0.15, 0.2) is 48.5 Å². The van der Waals surface area contributed by atoms with Gasteiger partial charge in [0.15, 0.2) is 0 Å². The van der Waals surface area contributed by atoms with E-state index in [-0.39, 0.29) is 11.3 Å². The van der Waals surface area contributed by atoms with E-state index in [1.54, 1.807) is 31.4 Å². The highest BCUT2D eigenvalue weighted by Crippen LogP contribution is 2.21. The monoisotopic (exact) mass is 325 g/mol. The molecule has 0 aliphatic rings. The van der Waals surface area contributed by atoms with Crippen molar-refractivity contribution in [2.24, 2.45) is 0 Å². The quantitative estimate of drug-likeness (QED) is 0.796. The SMILES string of the molecule is CCc1ccc(C=CC(=O)Nc2ccccc2C(=O)O)cc1OC. The number of carbonyl (C=O) groups is 2. The molecule has 2 rings (SSSR count). The molecule has 124 valence electrons. The standard InChI is InChI=1S/C19H19NO4/c1-3-14-10-8-13(12-17(14)24-2)9-11-18(21)20-16-7-5-4-6-15(16)19(22)23/h4-12H,3H2,1-2H3,(H,20,21)(H,22,23). The van der Waals surface area contributed by atoms with Gasteiger partial charge >= 0.3 is 5.97 Å². The Morgan fingerprint density at radius 1 is 1.21 bits per heavy atom. The lowest BCUT2D eigenvalue weighted by Crippen LogP contribution is -2.11. The van der Waals surface area contributed by atoms with E-state index in [1.165, 1.54) is 12.1 Å². The lowest BCUT2D eigenvalue weighted by Gasteiger charge is -2.07. The van der Waals surface area contributed by atoms with Crippen LogP contribution in [0.4, 0.5) is 5.69 Å². The maximum Gasteiger partial charge on any atom is 0.337 e. The molecule has 0 aromatic heterocycles. The highest BCUT2D eigenvalue weighted by molar-refractivity contribution is 6.06. The van der Waals surface area contributed by atoms with E-state index in [0.29, 0.717) is 0 Å². The number of hydrogen-bond acceptors (Lipinski definition) is 3. The fourth-order valence-corrected chi connectivity index (χ4v) is 2.28. The van der Waals surface area contributed by atoms with Crippen molar-refractivity contribution in [3.63, 3.8) is 0 Å². The van der Waals surface area contributed by atoms with Gasteiger partial charge in [-0.3, -0.25) is 4.79 Å². The number of rotatable bonds is 6. The maximum atomic E-state index is 12.0. The minimum absolute atomic E-state index is 0.0493. The topological polar surface area (TPSA) is 75.6 Å². The van der Waals surface area contributed by atoms with E-state index >= 15 is 0 Å². The molecule has 0 atom stereocenters. The summed E-state index contributed by atoms with van der Waals surface area (Å²) in [5.74, 6) is -0.715. The normalized spacial score (nSPS) is 10.6. The summed E-state index contributed by atoms with van der Waals surface area (Å²) in [6.45, 7) is 2.04. The van der Waals surface area contributed by atoms with Gasteiger partial charge in [0.05, 0.1) is 18.4 Å². The van der Waals surface area contributed by atoms with Gasteiger partial charge in [-0.15, -0.1) is 0 Å². The van der Waals surface area contributed by atoms with Crippen molar-refractivity contribution in [2.45, 2.75) is 13.3 Å². The number of benzene rings is 2. The largest absolute Gasteiger partial charge is 0.496 e. The molecular formula is C19H19NO4. The van der Waals surface area contributed by atoms with Crippen molar-refractivity contribution in [2.75, 3.05) is 12.4 Å². The number of nitrogens with one attached hydrogen (secondary N) is 1. The number of aromatic carboxylic acids is 1. The van der Waals surface area contributed by atoms with Crippen LogP contribution in [0, 0.1) is 0 Å². The molecule has 0 radical (unpaired) electrons. The number of carboxylic acids is 1. The lowest BCUT2D eigenvalue weighted by atomic mass is 10.1. The first-order chi connectivity index (χ1) is 11.5. The second-order valence-electron chi connectivity index (χ2n) is 5.10. The number of carboxylic acid groups (broad SMARTS) is 1. The van der Waals surface area contributed by atoms with E-state index in [9.17, 15) is 9.59 Å². The predicted molar refractivity (Wildman–Crippen MR) is 93.4 cm³/mol. The third kappa shape index (κ3) is 4.23. The van der Waals surface area contributed by atoms with Crippen molar-refractivity contribution in [3.8, 4) is 5.75 Å². The molecule has 0 saturated carbocycles. The predicted octanol–water partition coefficient (Wildman–Crippen LogP) is 3.61. The molecule has 0 saturated heterocycles. The Balaban J connectivity index is 2.13. The van der Waals surface area contributed by atoms with Crippen LogP contribution in [0.1, 0.15) is 28.4 Å². The van der Waals surface area contributed by atoms with Crippen LogP contribution in [0.25, 0.3) is 6.08 Å². The van der Waals surface area contributed by atoms with Crippen LogP contribution in [0.5, 0.6) is 5.75 Å². The Labute approximate surface area is 140 Å². The molecule has 24 heavy (non-hydrogen) atoms. The number of hydrogen-bond donors (Lipinski definition) is 2. The van der Waals surface area contributed by atoms with Gasteiger partial charge in [0, 0.05) is 6.08 Å². The zero-order valence-electron chi connectivity index (χ0n) is 13.6. The van der Waals surface area contributed by atoms with E-state index in [2.05, 4.69) is 5.32 Å². The van der Waals surface area contributed by atoms with Crippen molar-refractivity contribution in [1.29, 1.82) is 0 Å². The zero-order valence-corrected chi connectivity index (χ0v) is 13.6. The van der Waals surface area contributed by atoms with Crippen LogP contribution >= 0.6 is 0 Å². The van der Waals surface area contributed by atoms with Gasteiger partial charge in [0.2, 0.25) is 5.91 Å². The third-order valence-electron chi connectivity index (χ3n) is 3.53. The molecule has 1 amide bonds. The Bertz CT molecular complexity index is 781. The van der Waals surface area contributed by atoms with Gasteiger partial charge in [-0.05, 0) is 41.8 Å². The number of methoxy groups -OCH3 is 1. The Kier molecular flexibility index (Phi) is 5.73. The summed E-state index contributed by atoms with van der Waals surface area (Å²) in [6.07, 6.45) is 3.87.